The number of halogens is 1. The highest BCUT2D eigenvalue weighted by Gasteiger charge is 2.00. The van der Waals surface area contributed by atoms with Gasteiger partial charge in [0.05, 0.1) is 5.69 Å². The molecule has 0 heterocycles. The van der Waals surface area contributed by atoms with Gasteiger partial charge in [0, 0.05) is 4.47 Å². The van der Waals surface area contributed by atoms with Gasteiger partial charge in [-0.1, -0.05) is 34.1 Å². The number of anilines is 1. The molecule has 0 bridgehead atoms. The maximum atomic E-state index is 5.82. The van der Waals surface area contributed by atoms with Crippen LogP contribution in [0.2, 0.25) is 0 Å². The fraction of sp³-hybridized carbons (Fsp3) is 0.143. The van der Waals surface area contributed by atoms with Crippen molar-refractivity contribution in [1.82, 2.24) is 0 Å². The van der Waals surface area contributed by atoms with Gasteiger partial charge in [-0.2, -0.15) is 0 Å². The van der Waals surface area contributed by atoms with E-state index >= 15 is 0 Å². The summed E-state index contributed by atoms with van der Waals surface area (Å²) in [5.41, 5.74) is 6.43. The van der Waals surface area contributed by atoms with Crippen LogP contribution >= 0.6 is 15.9 Å². The van der Waals surface area contributed by atoms with Crippen molar-refractivity contribution >= 4 is 21.6 Å². The summed E-state index contributed by atoms with van der Waals surface area (Å²) in [6.07, 6.45) is 0. The highest BCUT2D eigenvalue weighted by atomic mass is 79.9. The standard InChI is InChI=1S/C14H14BrNO2/c15-11-6-7-14(13(16)10-11)18-9-8-17-12-4-2-1-3-5-12/h1-7,10H,8-9,16H2. The van der Waals surface area contributed by atoms with Crippen molar-refractivity contribution in [3.8, 4) is 11.5 Å². The van der Waals surface area contributed by atoms with Crippen molar-refractivity contribution in [3.63, 3.8) is 0 Å². The van der Waals surface area contributed by atoms with Gasteiger partial charge in [-0.3, -0.25) is 0 Å². The first-order chi connectivity index (χ1) is 8.75. The molecule has 4 heteroatoms. The second-order valence-corrected chi connectivity index (χ2v) is 4.61. The Morgan fingerprint density at radius 1 is 0.944 bits per heavy atom. The van der Waals surface area contributed by atoms with Crippen molar-refractivity contribution in [3.05, 3.63) is 53.0 Å². The van der Waals surface area contributed by atoms with Gasteiger partial charge in [0.2, 0.25) is 0 Å². The third-order valence-electron chi connectivity index (χ3n) is 2.32. The monoisotopic (exact) mass is 307 g/mol. The summed E-state index contributed by atoms with van der Waals surface area (Å²) in [5, 5.41) is 0. The Hall–Kier alpha value is -1.68. The largest absolute Gasteiger partial charge is 0.490 e. The molecule has 18 heavy (non-hydrogen) atoms. The molecule has 2 rings (SSSR count). The number of hydrogen-bond acceptors (Lipinski definition) is 3. The second kappa shape index (κ2) is 6.31. The lowest BCUT2D eigenvalue weighted by Crippen LogP contribution is -2.09. The Labute approximate surface area is 115 Å². The van der Waals surface area contributed by atoms with Crippen molar-refractivity contribution in [2.75, 3.05) is 18.9 Å². The Balaban J connectivity index is 1.79. The van der Waals surface area contributed by atoms with Gasteiger partial charge in [-0.05, 0) is 30.3 Å². The van der Waals surface area contributed by atoms with Crippen molar-refractivity contribution < 1.29 is 9.47 Å². The van der Waals surface area contributed by atoms with Crippen molar-refractivity contribution in [1.29, 1.82) is 0 Å². The molecule has 3 nitrogen and oxygen atoms in total. The van der Waals surface area contributed by atoms with Crippen LogP contribution in [0, 0.1) is 0 Å². The highest BCUT2D eigenvalue weighted by Crippen LogP contribution is 2.25. The summed E-state index contributed by atoms with van der Waals surface area (Å²) < 4.78 is 12.0. The molecule has 0 amide bonds. The molecule has 0 radical (unpaired) electrons. The van der Waals surface area contributed by atoms with Gasteiger partial charge in [0.25, 0.3) is 0 Å². The predicted molar refractivity (Wildman–Crippen MR) is 76.0 cm³/mol. The molecule has 94 valence electrons. The van der Waals surface area contributed by atoms with E-state index in [1.807, 2.05) is 48.5 Å². The number of rotatable bonds is 5. The topological polar surface area (TPSA) is 44.5 Å². The summed E-state index contributed by atoms with van der Waals surface area (Å²) >= 11 is 3.35. The lowest BCUT2D eigenvalue weighted by molar-refractivity contribution is 0.218. The molecule has 0 fully saturated rings. The van der Waals surface area contributed by atoms with E-state index in [-0.39, 0.29) is 0 Å². The van der Waals surface area contributed by atoms with Crippen LogP contribution in [0.4, 0.5) is 5.69 Å². The van der Waals surface area contributed by atoms with Crippen LogP contribution in [0.5, 0.6) is 11.5 Å². The first-order valence-corrected chi connectivity index (χ1v) is 6.40. The molecule has 0 aliphatic carbocycles. The molecule has 2 aromatic rings. The molecular formula is C14H14BrNO2. The molecule has 0 aromatic heterocycles. The van der Waals surface area contributed by atoms with Crippen LogP contribution in [0.1, 0.15) is 0 Å². The van der Waals surface area contributed by atoms with E-state index in [9.17, 15) is 0 Å². The number of hydrogen-bond donors (Lipinski definition) is 1. The maximum Gasteiger partial charge on any atom is 0.142 e. The van der Waals surface area contributed by atoms with Gasteiger partial charge >= 0.3 is 0 Å². The van der Waals surface area contributed by atoms with Gasteiger partial charge in [0.15, 0.2) is 0 Å². The first-order valence-electron chi connectivity index (χ1n) is 5.61. The fourth-order valence-electron chi connectivity index (χ4n) is 1.48. The minimum atomic E-state index is 0.459. The number of nitrogen functional groups attached to an aromatic ring is 1. The second-order valence-electron chi connectivity index (χ2n) is 3.69. The highest BCUT2D eigenvalue weighted by molar-refractivity contribution is 9.10. The predicted octanol–water partition coefficient (Wildman–Crippen LogP) is 3.49. The Morgan fingerprint density at radius 2 is 1.67 bits per heavy atom. The van der Waals surface area contributed by atoms with Gasteiger partial charge < -0.3 is 15.2 Å². The molecule has 0 saturated carbocycles. The van der Waals surface area contributed by atoms with Crippen LogP contribution in [0.25, 0.3) is 0 Å². The van der Waals surface area contributed by atoms with Crippen molar-refractivity contribution in [2.24, 2.45) is 0 Å². The van der Waals surface area contributed by atoms with Crippen LogP contribution in [0.3, 0.4) is 0 Å². The molecule has 0 spiro atoms. The first kappa shape index (κ1) is 12.8. The third kappa shape index (κ3) is 3.67. The summed E-state index contributed by atoms with van der Waals surface area (Å²) in [7, 11) is 0. The number of ether oxygens (including phenoxy) is 2. The molecule has 0 unspecified atom stereocenters. The zero-order valence-electron chi connectivity index (χ0n) is 9.80. The van der Waals surface area contributed by atoms with E-state index < -0.39 is 0 Å². The van der Waals surface area contributed by atoms with Crippen LogP contribution in [-0.4, -0.2) is 13.2 Å². The number of para-hydroxylation sites is 1. The lowest BCUT2D eigenvalue weighted by Gasteiger charge is -2.10. The van der Waals surface area contributed by atoms with E-state index in [2.05, 4.69) is 15.9 Å². The van der Waals surface area contributed by atoms with Crippen LogP contribution < -0.4 is 15.2 Å². The normalized spacial score (nSPS) is 10.1. The van der Waals surface area contributed by atoms with E-state index in [1.165, 1.54) is 0 Å². The molecule has 0 aliphatic rings. The molecule has 0 atom stereocenters. The Morgan fingerprint density at radius 3 is 2.39 bits per heavy atom. The van der Waals surface area contributed by atoms with Gasteiger partial charge in [0.1, 0.15) is 24.7 Å². The van der Waals surface area contributed by atoms with E-state index in [4.69, 9.17) is 15.2 Å². The molecule has 2 aromatic carbocycles. The average molecular weight is 308 g/mol. The minimum Gasteiger partial charge on any atom is -0.490 e. The van der Waals surface area contributed by atoms with E-state index in [1.54, 1.807) is 0 Å². The number of nitrogens with two attached hydrogens (primary N) is 1. The minimum absolute atomic E-state index is 0.459. The Kier molecular flexibility index (Phi) is 4.47. The van der Waals surface area contributed by atoms with E-state index in [0.717, 1.165) is 10.2 Å². The summed E-state index contributed by atoms with van der Waals surface area (Å²) in [6.45, 7) is 0.945. The fourth-order valence-corrected chi connectivity index (χ4v) is 1.86. The summed E-state index contributed by atoms with van der Waals surface area (Å²) in [5.74, 6) is 1.51. The average Bonchev–Trinajstić information content (AvgIpc) is 2.38. The quantitative estimate of drug-likeness (QED) is 0.679. The maximum absolute atomic E-state index is 5.82. The third-order valence-corrected chi connectivity index (χ3v) is 2.82. The molecule has 2 N–H and O–H groups in total. The summed E-state index contributed by atoms with van der Waals surface area (Å²) in [4.78, 5) is 0. The SMILES string of the molecule is Nc1cc(Br)ccc1OCCOc1ccccc1. The molecular weight excluding hydrogens is 294 g/mol. The molecule has 0 aliphatic heterocycles. The molecule has 0 saturated heterocycles. The zero-order chi connectivity index (χ0) is 12.8. The summed E-state index contributed by atoms with van der Waals surface area (Å²) in [6, 6.07) is 15.2. The Bertz CT molecular complexity index is 502. The smallest absolute Gasteiger partial charge is 0.142 e. The van der Waals surface area contributed by atoms with Gasteiger partial charge in [-0.25, -0.2) is 0 Å². The van der Waals surface area contributed by atoms with Gasteiger partial charge in [-0.15, -0.1) is 0 Å². The van der Waals surface area contributed by atoms with Crippen molar-refractivity contribution in [2.45, 2.75) is 0 Å². The van der Waals surface area contributed by atoms with Crippen LogP contribution in [0.15, 0.2) is 53.0 Å². The zero-order valence-corrected chi connectivity index (χ0v) is 11.4. The van der Waals surface area contributed by atoms with Crippen LogP contribution in [-0.2, 0) is 0 Å². The number of benzene rings is 2. The van der Waals surface area contributed by atoms with E-state index in [0.29, 0.717) is 24.7 Å². The lowest BCUT2D eigenvalue weighted by atomic mass is 10.3.